The molecule has 1 N–H and O–H groups in total. The van der Waals surface area contributed by atoms with Crippen LogP contribution in [0.3, 0.4) is 0 Å². The van der Waals surface area contributed by atoms with Crippen LogP contribution in [0.2, 0.25) is 0 Å². The van der Waals surface area contributed by atoms with Gasteiger partial charge in [-0.1, -0.05) is 17.7 Å². The number of hydrogen-bond acceptors (Lipinski definition) is 8. The van der Waals surface area contributed by atoms with E-state index < -0.39 is 15.9 Å². The molecule has 1 saturated heterocycles. The summed E-state index contributed by atoms with van der Waals surface area (Å²) in [6, 6.07) is 17.2. The van der Waals surface area contributed by atoms with Crippen LogP contribution in [0.25, 0.3) is 0 Å². The van der Waals surface area contributed by atoms with Gasteiger partial charge in [0.2, 0.25) is 5.95 Å². The summed E-state index contributed by atoms with van der Waals surface area (Å²) in [5.41, 5.74) is 2.94. The molecule has 4 rings (SSSR count). The summed E-state index contributed by atoms with van der Waals surface area (Å²) < 4.78 is 26.8. The van der Waals surface area contributed by atoms with Gasteiger partial charge < -0.3 is 10.2 Å². The summed E-state index contributed by atoms with van der Waals surface area (Å²) in [7, 11) is -3.92. The molecule has 168 valence electrons. The first-order valence-corrected chi connectivity index (χ1v) is 11.7. The van der Waals surface area contributed by atoms with Gasteiger partial charge in [-0.2, -0.15) is 10.2 Å². The number of benzene rings is 2. The number of nitrogens with zero attached hydrogens (tertiary/aromatic N) is 5. The van der Waals surface area contributed by atoms with Crippen LogP contribution in [0.1, 0.15) is 16.8 Å². The van der Waals surface area contributed by atoms with Gasteiger partial charge in [0.05, 0.1) is 23.1 Å². The summed E-state index contributed by atoms with van der Waals surface area (Å²) in [5, 5.41) is 12.1. The summed E-state index contributed by atoms with van der Waals surface area (Å²) in [4.78, 5) is 23.5. The van der Waals surface area contributed by atoms with Crippen molar-refractivity contribution in [1.29, 1.82) is 5.26 Å². The predicted octanol–water partition coefficient (Wildman–Crippen LogP) is 2.75. The first-order valence-electron chi connectivity index (χ1n) is 10.3. The van der Waals surface area contributed by atoms with Crippen LogP contribution in [-0.4, -0.2) is 48.2 Å². The van der Waals surface area contributed by atoms with E-state index in [0.717, 1.165) is 15.6 Å². The number of sulfonamides is 1. The lowest BCUT2D eigenvalue weighted by Crippen LogP contribution is -2.53. The second-order valence-electron chi connectivity index (χ2n) is 7.71. The Morgan fingerprint density at radius 1 is 1.00 bits per heavy atom. The highest BCUT2D eigenvalue weighted by Crippen LogP contribution is 2.23. The number of rotatable bonds is 5. The maximum atomic E-state index is 12.9. The smallest absolute Gasteiger partial charge is 0.266 e. The van der Waals surface area contributed by atoms with Gasteiger partial charge in [0, 0.05) is 24.0 Å². The molecular weight excluding hydrogens is 440 g/mol. The second-order valence-corrected chi connectivity index (χ2v) is 9.58. The van der Waals surface area contributed by atoms with Crippen molar-refractivity contribution in [3.05, 3.63) is 71.4 Å². The lowest BCUT2D eigenvalue weighted by Gasteiger charge is -2.33. The van der Waals surface area contributed by atoms with Gasteiger partial charge in [-0.25, -0.2) is 17.7 Å². The van der Waals surface area contributed by atoms with E-state index in [-0.39, 0.29) is 24.5 Å². The van der Waals surface area contributed by atoms with Gasteiger partial charge >= 0.3 is 0 Å². The number of aromatic nitrogens is 2. The first kappa shape index (κ1) is 22.2. The Bertz CT molecular complexity index is 1330. The number of piperazine rings is 1. The van der Waals surface area contributed by atoms with Crippen molar-refractivity contribution in [3.63, 3.8) is 0 Å². The number of hydrogen-bond donors (Lipinski definition) is 1. The number of amides is 1. The lowest BCUT2D eigenvalue weighted by molar-refractivity contribution is -0.126. The molecule has 0 unspecified atom stereocenters. The molecule has 2 heterocycles. The zero-order valence-corrected chi connectivity index (χ0v) is 19.0. The molecule has 2 aromatic carbocycles. The quantitative estimate of drug-likeness (QED) is 0.615. The molecule has 1 fully saturated rings. The number of carbonyl (C=O) groups is 1. The van der Waals surface area contributed by atoms with Crippen LogP contribution >= 0.6 is 0 Å². The third-order valence-electron chi connectivity index (χ3n) is 5.20. The van der Waals surface area contributed by atoms with Crippen LogP contribution in [-0.2, 0) is 14.8 Å². The lowest BCUT2D eigenvalue weighted by atomic mass is 10.2. The summed E-state index contributed by atoms with van der Waals surface area (Å²) in [6.07, 6.45) is 0. The molecule has 1 aliphatic rings. The summed E-state index contributed by atoms with van der Waals surface area (Å²) in [5.74, 6) is 0.338. The number of anilines is 3. The highest BCUT2D eigenvalue weighted by atomic mass is 32.2. The molecule has 0 spiro atoms. The minimum atomic E-state index is -3.92. The summed E-state index contributed by atoms with van der Waals surface area (Å²) in [6.45, 7) is 3.81. The molecular formula is C23H22N6O3S. The Morgan fingerprint density at radius 2 is 1.70 bits per heavy atom. The molecule has 33 heavy (non-hydrogen) atoms. The molecule has 9 nitrogen and oxygen atoms in total. The standard InChI is InChI=1S/C23H22N6O3S/c1-16-3-9-20(10-4-16)33(31,32)29-12-11-28(15-22(29)30)23-25-17(2)13-21(27-23)26-19-7-5-18(14-24)6-8-19/h3-10,13H,11-12,15H2,1-2H3,(H,25,26,27). The van der Waals surface area contributed by atoms with Crippen LogP contribution in [0, 0.1) is 25.2 Å². The zero-order valence-electron chi connectivity index (χ0n) is 18.2. The minimum absolute atomic E-state index is 0.00469. The maximum Gasteiger partial charge on any atom is 0.266 e. The number of nitrogens with one attached hydrogen (secondary N) is 1. The van der Waals surface area contributed by atoms with Crippen LogP contribution in [0.4, 0.5) is 17.5 Å². The molecule has 0 atom stereocenters. The molecule has 1 aromatic heterocycles. The zero-order chi connectivity index (χ0) is 23.6. The fourth-order valence-electron chi connectivity index (χ4n) is 3.45. The molecule has 0 bridgehead atoms. The SMILES string of the molecule is Cc1ccc(S(=O)(=O)N2CCN(c3nc(C)cc(Nc4ccc(C#N)cc4)n3)CC2=O)cc1. The van der Waals surface area contributed by atoms with Crippen molar-refractivity contribution in [2.24, 2.45) is 0 Å². The summed E-state index contributed by atoms with van der Waals surface area (Å²) >= 11 is 0. The van der Waals surface area contributed by atoms with Gasteiger partial charge in [-0.3, -0.25) is 4.79 Å². The highest BCUT2D eigenvalue weighted by molar-refractivity contribution is 7.89. The van der Waals surface area contributed by atoms with Crippen molar-refractivity contribution in [2.45, 2.75) is 18.7 Å². The van der Waals surface area contributed by atoms with E-state index in [1.54, 1.807) is 47.4 Å². The largest absolute Gasteiger partial charge is 0.340 e. The van der Waals surface area contributed by atoms with Gasteiger partial charge in [-0.15, -0.1) is 0 Å². The van der Waals surface area contributed by atoms with E-state index in [0.29, 0.717) is 23.0 Å². The van der Waals surface area contributed by atoms with E-state index in [9.17, 15) is 13.2 Å². The van der Waals surface area contributed by atoms with Gasteiger partial charge in [0.25, 0.3) is 15.9 Å². The van der Waals surface area contributed by atoms with Crippen molar-refractivity contribution in [1.82, 2.24) is 14.3 Å². The topological polar surface area (TPSA) is 119 Å². The molecule has 1 amide bonds. The monoisotopic (exact) mass is 462 g/mol. The molecule has 0 radical (unpaired) electrons. The van der Waals surface area contributed by atoms with E-state index in [2.05, 4.69) is 21.4 Å². The molecule has 0 saturated carbocycles. The second kappa shape index (κ2) is 8.88. The van der Waals surface area contributed by atoms with Gasteiger partial charge in [0.1, 0.15) is 12.4 Å². The van der Waals surface area contributed by atoms with E-state index in [1.807, 2.05) is 13.8 Å². The Hall–Kier alpha value is -3.97. The molecule has 1 aliphatic heterocycles. The average molecular weight is 463 g/mol. The molecule has 0 aliphatic carbocycles. The highest BCUT2D eigenvalue weighted by Gasteiger charge is 2.34. The van der Waals surface area contributed by atoms with Gasteiger partial charge in [0.15, 0.2) is 0 Å². The average Bonchev–Trinajstić information content (AvgIpc) is 2.79. The molecule has 10 heteroatoms. The fourth-order valence-corrected chi connectivity index (χ4v) is 4.84. The maximum absolute atomic E-state index is 12.9. The predicted molar refractivity (Wildman–Crippen MR) is 123 cm³/mol. The van der Waals surface area contributed by atoms with Crippen molar-refractivity contribution in [2.75, 3.05) is 29.9 Å². The number of aryl methyl sites for hydroxylation is 2. The Morgan fingerprint density at radius 3 is 2.33 bits per heavy atom. The van der Waals surface area contributed by atoms with E-state index >= 15 is 0 Å². The van der Waals surface area contributed by atoms with Crippen LogP contribution in [0.15, 0.2) is 59.5 Å². The number of nitriles is 1. The Labute approximate surface area is 192 Å². The normalized spacial score (nSPS) is 14.2. The van der Waals surface area contributed by atoms with Gasteiger partial charge in [-0.05, 0) is 50.2 Å². The fraction of sp³-hybridized carbons (Fsp3) is 0.217. The third-order valence-corrected chi connectivity index (χ3v) is 7.03. The van der Waals surface area contributed by atoms with E-state index in [4.69, 9.17) is 5.26 Å². The van der Waals surface area contributed by atoms with Crippen molar-refractivity contribution < 1.29 is 13.2 Å². The Kier molecular flexibility index (Phi) is 5.98. The number of carbonyl (C=O) groups excluding carboxylic acids is 1. The third kappa shape index (κ3) is 4.78. The molecule has 3 aromatic rings. The van der Waals surface area contributed by atoms with Crippen LogP contribution < -0.4 is 10.2 Å². The first-order chi connectivity index (χ1) is 15.8. The minimum Gasteiger partial charge on any atom is -0.340 e. The van der Waals surface area contributed by atoms with Crippen LogP contribution in [0.5, 0.6) is 0 Å². The van der Waals surface area contributed by atoms with Crippen molar-refractivity contribution >= 4 is 33.4 Å². The van der Waals surface area contributed by atoms with E-state index in [1.165, 1.54) is 12.1 Å². The Balaban J connectivity index is 1.51. The van der Waals surface area contributed by atoms with Crippen molar-refractivity contribution in [3.8, 4) is 6.07 Å².